The minimum Gasteiger partial charge on any atom is -0.497 e. The Morgan fingerprint density at radius 1 is 1.19 bits per heavy atom. The summed E-state index contributed by atoms with van der Waals surface area (Å²) in [6, 6.07) is 7.76. The van der Waals surface area contributed by atoms with Crippen LogP contribution in [0.2, 0.25) is 0 Å². The van der Waals surface area contributed by atoms with Gasteiger partial charge in [0.05, 0.1) is 20.2 Å². The molecule has 2 aliphatic rings. The van der Waals surface area contributed by atoms with Crippen molar-refractivity contribution in [2.45, 2.75) is 44.8 Å². The van der Waals surface area contributed by atoms with Crippen LogP contribution in [-0.4, -0.2) is 83.0 Å². The van der Waals surface area contributed by atoms with Gasteiger partial charge in [-0.05, 0) is 57.1 Å². The molecule has 174 valence electrons. The van der Waals surface area contributed by atoms with Crippen molar-refractivity contribution >= 4 is 5.91 Å². The largest absolute Gasteiger partial charge is 0.497 e. The first-order valence-corrected chi connectivity index (χ1v) is 11.5. The van der Waals surface area contributed by atoms with E-state index in [1.807, 2.05) is 24.3 Å². The summed E-state index contributed by atoms with van der Waals surface area (Å²) >= 11 is 0. The number of amides is 1. The molecule has 4 rings (SSSR count). The van der Waals surface area contributed by atoms with E-state index in [0.29, 0.717) is 26.1 Å². The molecule has 1 aromatic heterocycles. The van der Waals surface area contributed by atoms with Crippen molar-refractivity contribution in [3.05, 3.63) is 46.1 Å². The van der Waals surface area contributed by atoms with Gasteiger partial charge in [-0.1, -0.05) is 12.1 Å². The summed E-state index contributed by atoms with van der Waals surface area (Å²) in [6.45, 7) is 5.41. The van der Waals surface area contributed by atoms with Crippen molar-refractivity contribution in [1.29, 1.82) is 0 Å². The summed E-state index contributed by atoms with van der Waals surface area (Å²) in [5.74, 6) is 1.64. The fourth-order valence-electron chi connectivity index (χ4n) is 4.55. The zero-order chi connectivity index (χ0) is 22.5. The molecule has 0 aliphatic carbocycles. The van der Waals surface area contributed by atoms with Crippen LogP contribution in [0.25, 0.3) is 0 Å². The summed E-state index contributed by atoms with van der Waals surface area (Å²) < 4.78 is 8.56. The van der Waals surface area contributed by atoms with E-state index in [4.69, 9.17) is 4.74 Å². The Hall–Kier alpha value is -2.65. The van der Waals surface area contributed by atoms with Gasteiger partial charge in [0.2, 0.25) is 5.91 Å². The van der Waals surface area contributed by atoms with Crippen molar-refractivity contribution < 1.29 is 9.53 Å². The molecule has 3 heterocycles. The molecule has 1 unspecified atom stereocenters. The molecule has 1 saturated heterocycles. The molecule has 1 atom stereocenters. The summed E-state index contributed by atoms with van der Waals surface area (Å²) in [5, 5.41) is 7.78. The standard InChI is InChI=1S/C23H34N6O3/c1-26-10-4-11-27(14-13-26)17-22(30)24-19-7-8-21-25-29(23(31)28(21)12-9-19)16-18-5-3-6-20(15-18)32-2/h3,5-6,15,19H,4,7-14,16-17H2,1-2H3,(H,24,30). The number of hydrogen-bond donors (Lipinski definition) is 1. The normalized spacial score (nSPS) is 20.2. The molecule has 0 spiro atoms. The predicted molar refractivity (Wildman–Crippen MR) is 122 cm³/mol. The van der Waals surface area contributed by atoms with E-state index < -0.39 is 0 Å². The smallest absolute Gasteiger partial charge is 0.346 e. The monoisotopic (exact) mass is 442 g/mol. The van der Waals surface area contributed by atoms with Gasteiger partial charge in [-0.2, -0.15) is 5.10 Å². The number of methoxy groups -OCH3 is 1. The summed E-state index contributed by atoms with van der Waals surface area (Å²) in [7, 11) is 3.76. The molecule has 1 aromatic carbocycles. The third-order valence-electron chi connectivity index (χ3n) is 6.43. The molecule has 2 aliphatic heterocycles. The van der Waals surface area contributed by atoms with Crippen LogP contribution in [0, 0.1) is 0 Å². The molecule has 0 bridgehead atoms. The number of carbonyl (C=O) groups excluding carboxylic acids is 1. The number of nitrogens with one attached hydrogen (secondary N) is 1. The lowest BCUT2D eigenvalue weighted by atomic mass is 10.1. The first-order valence-electron chi connectivity index (χ1n) is 11.5. The first-order chi connectivity index (χ1) is 15.5. The maximum absolute atomic E-state index is 12.9. The van der Waals surface area contributed by atoms with Crippen LogP contribution in [0.5, 0.6) is 5.75 Å². The van der Waals surface area contributed by atoms with Crippen molar-refractivity contribution in [2.75, 3.05) is 46.9 Å². The molecule has 1 fully saturated rings. The highest BCUT2D eigenvalue weighted by molar-refractivity contribution is 5.78. The summed E-state index contributed by atoms with van der Waals surface area (Å²) in [5.41, 5.74) is 0.882. The predicted octanol–water partition coefficient (Wildman–Crippen LogP) is 0.560. The van der Waals surface area contributed by atoms with E-state index in [1.54, 1.807) is 11.7 Å². The molecule has 1 amide bonds. The molecular weight excluding hydrogens is 408 g/mol. The Balaban J connectivity index is 1.32. The van der Waals surface area contributed by atoms with Crippen LogP contribution >= 0.6 is 0 Å². The van der Waals surface area contributed by atoms with Gasteiger partial charge < -0.3 is 15.0 Å². The lowest BCUT2D eigenvalue weighted by Crippen LogP contribution is -2.43. The highest BCUT2D eigenvalue weighted by atomic mass is 16.5. The average Bonchev–Trinajstić information content (AvgIpc) is 2.94. The molecule has 9 heteroatoms. The van der Waals surface area contributed by atoms with E-state index in [1.165, 1.54) is 4.68 Å². The molecule has 0 radical (unpaired) electrons. The minimum atomic E-state index is -0.0940. The molecule has 1 N–H and O–H groups in total. The number of benzene rings is 1. The molecule has 0 saturated carbocycles. The van der Waals surface area contributed by atoms with Crippen LogP contribution in [0.15, 0.2) is 29.1 Å². The number of fused-ring (bicyclic) bond motifs is 1. The maximum Gasteiger partial charge on any atom is 0.346 e. The summed E-state index contributed by atoms with van der Waals surface area (Å²) in [4.78, 5) is 30.1. The maximum atomic E-state index is 12.9. The SMILES string of the molecule is COc1cccc(Cn2nc3n(c2=O)CCC(NC(=O)CN2CCCN(C)CC2)CC3)c1. The zero-order valence-corrected chi connectivity index (χ0v) is 19.1. The molecule has 32 heavy (non-hydrogen) atoms. The Kier molecular flexibility index (Phi) is 7.26. The topological polar surface area (TPSA) is 84.6 Å². The molecule has 2 aromatic rings. The van der Waals surface area contributed by atoms with E-state index in [2.05, 4.69) is 27.3 Å². The second-order valence-corrected chi connectivity index (χ2v) is 8.88. The Labute approximate surface area is 188 Å². The lowest BCUT2D eigenvalue weighted by Gasteiger charge is -2.22. The van der Waals surface area contributed by atoms with Gasteiger partial charge in [0.15, 0.2) is 0 Å². The number of carbonyl (C=O) groups is 1. The summed E-state index contributed by atoms with van der Waals surface area (Å²) in [6.07, 6.45) is 3.31. The van der Waals surface area contributed by atoms with Gasteiger partial charge in [0.25, 0.3) is 0 Å². The van der Waals surface area contributed by atoms with Gasteiger partial charge in [0.1, 0.15) is 11.6 Å². The van der Waals surface area contributed by atoms with Crippen molar-refractivity contribution in [3.8, 4) is 5.75 Å². The number of aromatic nitrogens is 3. The second-order valence-electron chi connectivity index (χ2n) is 8.88. The van der Waals surface area contributed by atoms with Crippen molar-refractivity contribution in [3.63, 3.8) is 0 Å². The number of nitrogens with zero attached hydrogens (tertiary/aromatic N) is 5. The highest BCUT2D eigenvalue weighted by Gasteiger charge is 2.23. The van der Waals surface area contributed by atoms with Crippen LogP contribution < -0.4 is 15.7 Å². The minimum absolute atomic E-state index is 0.0742. The fourth-order valence-corrected chi connectivity index (χ4v) is 4.55. The molecule has 9 nitrogen and oxygen atoms in total. The van der Waals surface area contributed by atoms with Gasteiger partial charge in [-0.15, -0.1) is 0 Å². The van der Waals surface area contributed by atoms with Crippen LogP contribution in [-0.2, 0) is 24.3 Å². The highest BCUT2D eigenvalue weighted by Crippen LogP contribution is 2.15. The second kappa shape index (κ2) is 10.3. The van der Waals surface area contributed by atoms with E-state index >= 15 is 0 Å². The third-order valence-corrected chi connectivity index (χ3v) is 6.43. The molecular formula is C23H34N6O3. The zero-order valence-electron chi connectivity index (χ0n) is 19.1. The average molecular weight is 443 g/mol. The van der Waals surface area contributed by atoms with Gasteiger partial charge >= 0.3 is 5.69 Å². The van der Waals surface area contributed by atoms with Crippen molar-refractivity contribution in [2.24, 2.45) is 0 Å². The van der Waals surface area contributed by atoms with E-state index in [-0.39, 0.29) is 17.6 Å². The van der Waals surface area contributed by atoms with Crippen LogP contribution in [0.1, 0.15) is 30.7 Å². The number of ether oxygens (including phenoxy) is 1. The lowest BCUT2D eigenvalue weighted by molar-refractivity contribution is -0.123. The Morgan fingerprint density at radius 3 is 2.91 bits per heavy atom. The van der Waals surface area contributed by atoms with Gasteiger partial charge in [-0.3, -0.25) is 14.3 Å². The fraction of sp³-hybridized carbons (Fsp3) is 0.609. The third kappa shape index (κ3) is 5.58. The first kappa shape index (κ1) is 22.5. The number of likely N-dealkylation sites (N-methyl/N-ethyl adjacent to an activating group) is 1. The number of aryl methyl sites for hydroxylation is 1. The Bertz CT molecular complexity index is 984. The van der Waals surface area contributed by atoms with Crippen LogP contribution in [0.4, 0.5) is 0 Å². The van der Waals surface area contributed by atoms with Crippen molar-refractivity contribution in [1.82, 2.24) is 29.5 Å². The van der Waals surface area contributed by atoms with Gasteiger partial charge in [0, 0.05) is 32.1 Å². The number of hydrogen-bond acceptors (Lipinski definition) is 6. The number of rotatable bonds is 6. The van der Waals surface area contributed by atoms with E-state index in [9.17, 15) is 9.59 Å². The van der Waals surface area contributed by atoms with Crippen LogP contribution in [0.3, 0.4) is 0 Å². The van der Waals surface area contributed by atoms with Gasteiger partial charge in [-0.25, -0.2) is 9.48 Å². The Morgan fingerprint density at radius 2 is 2.06 bits per heavy atom. The van der Waals surface area contributed by atoms with E-state index in [0.717, 1.165) is 62.6 Å². The quantitative estimate of drug-likeness (QED) is 0.704.